The second-order valence-corrected chi connectivity index (χ2v) is 6.71. The van der Waals surface area contributed by atoms with Gasteiger partial charge in [-0.3, -0.25) is 4.79 Å². The normalized spacial score (nSPS) is 21.4. The molecular weight excluding hydrogens is 318 g/mol. The van der Waals surface area contributed by atoms with Crippen molar-refractivity contribution in [3.8, 4) is 0 Å². The van der Waals surface area contributed by atoms with Crippen molar-refractivity contribution in [1.29, 1.82) is 0 Å². The SMILES string of the molecule is O=C(N[C@H]1CCN(c2cccnn2)C1)c1ccc(C2CCNCC2)o1. The van der Waals surface area contributed by atoms with Gasteiger partial charge in [-0.2, -0.15) is 5.10 Å². The number of nitrogens with zero attached hydrogens (tertiary/aromatic N) is 3. The van der Waals surface area contributed by atoms with Gasteiger partial charge in [-0.25, -0.2) is 0 Å². The summed E-state index contributed by atoms with van der Waals surface area (Å²) in [5, 5.41) is 14.5. The van der Waals surface area contributed by atoms with Gasteiger partial charge in [0, 0.05) is 31.2 Å². The molecule has 2 aliphatic rings. The fourth-order valence-corrected chi connectivity index (χ4v) is 3.61. The highest BCUT2D eigenvalue weighted by Gasteiger charge is 2.27. The van der Waals surface area contributed by atoms with Gasteiger partial charge >= 0.3 is 0 Å². The van der Waals surface area contributed by atoms with Crippen LogP contribution in [-0.2, 0) is 0 Å². The molecule has 0 spiro atoms. The Kier molecular flexibility index (Phi) is 4.65. The van der Waals surface area contributed by atoms with Crippen LogP contribution in [0.25, 0.3) is 0 Å². The van der Waals surface area contributed by atoms with Gasteiger partial charge in [0.25, 0.3) is 5.91 Å². The van der Waals surface area contributed by atoms with Gasteiger partial charge in [0.05, 0.1) is 0 Å². The van der Waals surface area contributed by atoms with Crippen molar-refractivity contribution in [1.82, 2.24) is 20.8 Å². The summed E-state index contributed by atoms with van der Waals surface area (Å²) in [4.78, 5) is 14.6. The predicted molar refractivity (Wildman–Crippen MR) is 93.7 cm³/mol. The number of carbonyl (C=O) groups is 1. The van der Waals surface area contributed by atoms with E-state index in [1.165, 1.54) is 0 Å². The molecule has 132 valence electrons. The van der Waals surface area contributed by atoms with Crippen molar-refractivity contribution in [3.05, 3.63) is 42.0 Å². The number of furan rings is 1. The van der Waals surface area contributed by atoms with Crippen LogP contribution in [-0.4, -0.2) is 48.3 Å². The number of hydrogen-bond acceptors (Lipinski definition) is 6. The number of amides is 1. The highest BCUT2D eigenvalue weighted by molar-refractivity contribution is 5.91. The molecule has 4 rings (SSSR count). The lowest BCUT2D eigenvalue weighted by Crippen LogP contribution is -2.37. The highest BCUT2D eigenvalue weighted by atomic mass is 16.4. The molecule has 0 aliphatic carbocycles. The molecule has 1 amide bonds. The first-order valence-electron chi connectivity index (χ1n) is 8.93. The Hall–Kier alpha value is -2.41. The van der Waals surface area contributed by atoms with Crippen molar-refractivity contribution < 1.29 is 9.21 Å². The molecule has 0 bridgehead atoms. The van der Waals surface area contributed by atoms with Crippen molar-refractivity contribution in [2.45, 2.75) is 31.2 Å². The van der Waals surface area contributed by atoms with Crippen LogP contribution in [0.2, 0.25) is 0 Å². The second kappa shape index (κ2) is 7.23. The largest absolute Gasteiger partial charge is 0.456 e. The number of hydrogen-bond donors (Lipinski definition) is 2. The van der Waals surface area contributed by atoms with Crippen LogP contribution >= 0.6 is 0 Å². The molecule has 0 aromatic carbocycles. The lowest BCUT2D eigenvalue weighted by atomic mass is 9.96. The van der Waals surface area contributed by atoms with Crippen LogP contribution in [0.3, 0.4) is 0 Å². The maximum atomic E-state index is 12.5. The van der Waals surface area contributed by atoms with Gasteiger partial charge in [0.15, 0.2) is 11.6 Å². The molecule has 7 heteroatoms. The number of aromatic nitrogens is 2. The summed E-state index contributed by atoms with van der Waals surface area (Å²) in [7, 11) is 0. The summed E-state index contributed by atoms with van der Waals surface area (Å²) in [5.41, 5.74) is 0. The molecule has 2 aliphatic heterocycles. The van der Waals surface area contributed by atoms with Crippen LogP contribution in [0.15, 0.2) is 34.9 Å². The predicted octanol–water partition coefficient (Wildman–Crippen LogP) is 1.55. The van der Waals surface area contributed by atoms with Gasteiger partial charge in [0.2, 0.25) is 0 Å². The van der Waals surface area contributed by atoms with E-state index in [0.29, 0.717) is 11.7 Å². The molecule has 2 aromatic rings. The molecule has 4 heterocycles. The molecule has 7 nitrogen and oxygen atoms in total. The first-order chi connectivity index (χ1) is 12.3. The van der Waals surface area contributed by atoms with Crippen LogP contribution in [0, 0.1) is 0 Å². The van der Waals surface area contributed by atoms with E-state index in [4.69, 9.17) is 4.42 Å². The van der Waals surface area contributed by atoms with E-state index in [1.54, 1.807) is 12.3 Å². The van der Waals surface area contributed by atoms with E-state index < -0.39 is 0 Å². The third kappa shape index (κ3) is 3.66. The molecule has 0 radical (unpaired) electrons. The van der Waals surface area contributed by atoms with E-state index in [0.717, 1.165) is 57.0 Å². The van der Waals surface area contributed by atoms with E-state index in [9.17, 15) is 4.79 Å². The minimum absolute atomic E-state index is 0.0990. The first-order valence-corrected chi connectivity index (χ1v) is 8.93. The monoisotopic (exact) mass is 341 g/mol. The maximum Gasteiger partial charge on any atom is 0.287 e. The quantitative estimate of drug-likeness (QED) is 0.878. The number of piperidine rings is 1. The molecule has 2 N–H and O–H groups in total. The van der Waals surface area contributed by atoms with Crippen molar-refractivity contribution in [2.24, 2.45) is 0 Å². The van der Waals surface area contributed by atoms with Crippen LogP contribution in [0.5, 0.6) is 0 Å². The Bertz CT molecular complexity index is 711. The Balaban J connectivity index is 1.34. The summed E-state index contributed by atoms with van der Waals surface area (Å²) < 4.78 is 5.83. The van der Waals surface area contributed by atoms with Gasteiger partial charge < -0.3 is 20.0 Å². The molecule has 0 unspecified atom stereocenters. The van der Waals surface area contributed by atoms with E-state index in [2.05, 4.69) is 25.7 Å². The van der Waals surface area contributed by atoms with Gasteiger partial charge in [-0.15, -0.1) is 5.10 Å². The Morgan fingerprint density at radius 1 is 1.24 bits per heavy atom. The molecule has 25 heavy (non-hydrogen) atoms. The minimum Gasteiger partial charge on any atom is -0.456 e. The topological polar surface area (TPSA) is 83.3 Å². The molecule has 2 saturated heterocycles. The van der Waals surface area contributed by atoms with Crippen LogP contribution in [0.1, 0.15) is 41.5 Å². The third-order valence-electron chi connectivity index (χ3n) is 5.00. The smallest absolute Gasteiger partial charge is 0.287 e. The lowest BCUT2D eigenvalue weighted by molar-refractivity contribution is 0.0909. The first kappa shape index (κ1) is 16.1. The van der Waals surface area contributed by atoms with Crippen molar-refractivity contribution >= 4 is 11.7 Å². The molecule has 1 atom stereocenters. The second-order valence-electron chi connectivity index (χ2n) is 6.71. The van der Waals surface area contributed by atoms with E-state index >= 15 is 0 Å². The lowest BCUT2D eigenvalue weighted by Gasteiger charge is -2.20. The zero-order chi connectivity index (χ0) is 17.1. The molecular formula is C18H23N5O2. The summed E-state index contributed by atoms with van der Waals surface area (Å²) in [6.07, 6.45) is 4.68. The van der Waals surface area contributed by atoms with Crippen molar-refractivity contribution in [2.75, 3.05) is 31.1 Å². The number of rotatable bonds is 4. The van der Waals surface area contributed by atoms with Crippen LogP contribution in [0.4, 0.5) is 5.82 Å². The van der Waals surface area contributed by atoms with Gasteiger partial charge in [-0.05, 0) is 56.6 Å². The average molecular weight is 341 g/mol. The average Bonchev–Trinajstić information content (AvgIpc) is 3.33. The zero-order valence-corrected chi connectivity index (χ0v) is 14.1. The Morgan fingerprint density at radius 2 is 2.12 bits per heavy atom. The zero-order valence-electron chi connectivity index (χ0n) is 14.1. The third-order valence-corrected chi connectivity index (χ3v) is 5.00. The standard InChI is InChI=1S/C18H23N5O2/c24-18(16-4-3-15(25-16)13-5-9-19-10-6-13)21-14-7-11-23(12-14)17-2-1-8-20-22-17/h1-4,8,13-14,19H,5-7,9-12H2,(H,21,24)/t14-/m0/s1. The fourth-order valence-electron chi connectivity index (χ4n) is 3.61. The Morgan fingerprint density at radius 3 is 2.92 bits per heavy atom. The summed E-state index contributed by atoms with van der Waals surface area (Å²) in [5.74, 6) is 2.48. The maximum absolute atomic E-state index is 12.5. The summed E-state index contributed by atoms with van der Waals surface area (Å²) >= 11 is 0. The fraction of sp³-hybridized carbons (Fsp3) is 0.500. The highest BCUT2D eigenvalue weighted by Crippen LogP contribution is 2.27. The number of carbonyl (C=O) groups excluding carboxylic acids is 1. The van der Waals surface area contributed by atoms with E-state index in [-0.39, 0.29) is 11.9 Å². The van der Waals surface area contributed by atoms with Gasteiger partial charge in [0.1, 0.15) is 5.76 Å². The molecule has 2 fully saturated rings. The van der Waals surface area contributed by atoms with Crippen molar-refractivity contribution in [3.63, 3.8) is 0 Å². The van der Waals surface area contributed by atoms with Crippen LogP contribution < -0.4 is 15.5 Å². The van der Waals surface area contributed by atoms with Gasteiger partial charge in [-0.1, -0.05) is 0 Å². The number of nitrogens with one attached hydrogen (secondary N) is 2. The summed E-state index contributed by atoms with van der Waals surface area (Å²) in [6.45, 7) is 3.62. The Labute approximate surface area is 146 Å². The summed E-state index contributed by atoms with van der Waals surface area (Å²) in [6, 6.07) is 7.66. The molecule has 2 aromatic heterocycles. The molecule has 0 saturated carbocycles. The van der Waals surface area contributed by atoms with E-state index in [1.807, 2.05) is 18.2 Å². The minimum atomic E-state index is -0.133. The number of anilines is 1.